The van der Waals surface area contributed by atoms with Crippen molar-refractivity contribution in [2.24, 2.45) is 0 Å². The minimum atomic E-state index is -3.75. The lowest BCUT2D eigenvalue weighted by Gasteiger charge is -2.10. The molecule has 21 heavy (non-hydrogen) atoms. The molecule has 0 unspecified atom stereocenters. The van der Waals surface area contributed by atoms with Gasteiger partial charge in [0.25, 0.3) is 10.0 Å². The van der Waals surface area contributed by atoms with Gasteiger partial charge in [0.15, 0.2) is 11.6 Å². The van der Waals surface area contributed by atoms with Crippen molar-refractivity contribution in [3.05, 3.63) is 53.8 Å². The van der Waals surface area contributed by atoms with E-state index in [1.165, 1.54) is 31.4 Å². The summed E-state index contributed by atoms with van der Waals surface area (Å²) in [5.41, 5.74) is 1.10. The van der Waals surface area contributed by atoms with Gasteiger partial charge < -0.3 is 4.74 Å². The Morgan fingerprint density at radius 1 is 1.19 bits per heavy atom. The number of halogens is 2. The first-order chi connectivity index (χ1) is 9.96. The number of hydrogen-bond acceptors (Lipinski definition) is 3. The Hall–Kier alpha value is -1.60. The summed E-state index contributed by atoms with van der Waals surface area (Å²) >= 11 is 3.29. The molecule has 7 heteroatoms. The molecule has 0 heterocycles. The molecule has 2 aromatic rings. The highest BCUT2D eigenvalue weighted by Gasteiger charge is 2.15. The van der Waals surface area contributed by atoms with Crippen LogP contribution in [0.2, 0.25) is 0 Å². The molecular formula is C14H13BrFNO3S. The number of sulfonamides is 1. The summed E-state index contributed by atoms with van der Waals surface area (Å²) in [5, 5.41) is 0.643. The van der Waals surface area contributed by atoms with Crippen LogP contribution in [-0.2, 0) is 15.4 Å². The second-order valence-electron chi connectivity index (χ2n) is 4.23. The largest absolute Gasteiger partial charge is 0.494 e. The van der Waals surface area contributed by atoms with Crippen LogP contribution >= 0.6 is 15.9 Å². The first-order valence-corrected chi connectivity index (χ1v) is 8.58. The summed E-state index contributed by atoms with van der Waals surface area (Å²) in [5.74, 6) is -0.577. The van der Waals surface area contributed by atoms with Gasteiger partial charge in [-0.1, -0.05) is 28.1 Å². The third-order valence-electron chi connectivity index (χ3n) is 2.79. The van der Waals surface area contributed by atoms with Crippen LogP contribution in [0.4, 0.5) is 10.1 Å². The van der Waals surface area contributed by atoms with Gasteiger partial charge in [0, 0.05) is 11.4 Å². The van der Waals surface area contributed by atoms with E-state index < -0.39 is 15.8 Å². The highest BCUT2D eigenvalue weighted by atomic mass is 79.9. The molecule has 0 aliphatic rings. The quantitative estimate of drug-likeness (QED) is 0.815. The fourth-order valence-electron chi connectivity index (χ4n) is 1.70. The number of alkyl halides is 1. The zero-order chi connectivity index (χ0) is 15.5. The molecule has 0 fully saturated rings. The molecule has 0 aromatic heterocycles. The number of ether oxygens (including phenoxy) is 1. The number of anilines is 1. The van der Waals surface area contributed by atoms with Crippen LogP contribution in [0.25, 0.3) is 0 Å². The number of nitrogens with one attached hydrogen (secondary N) is 1. The van der Waals surface area contributed by atoms with Gasteiger partial charge in [-0.05, 0) is 29.8 Å². The molecule has 0 aliphatic heterocycles. The van der Waals surface area contributed by atoms with E-state index in [0.29, 0.717) is 5.33 Å². The molecule has 112 valence electrons. The van der Waals surface area contributed by atoms with Crippen LogP contribution in [0.5, 0.6) is 5.75 Å². The van der Waals surface area contributed by atoms with Crippen molar-refractivity contribution in [1.29, 1.82) is 0 Å². The summed E-state index contributed by atoms with van der Waals surface area (Å²) in [6, 6.07) is 10.3. The first kappa shape index (κ1) is 15.8. The molecule has 4 nitrogen and oxygen atoms in total. The van der Waals surface area contributed by atoms with E-state index in [1.54, 1.807) is 12.1 Å². The summed E-state index contributed by atoms with van der Waals surface area (Å²) in [4.78, 5) is 0.114. The van der Waals surface area contributed by atoms with Crippen molar-refractivity contribution in [3.63, 3.8) is 0 Å². The highest BCUT2D eigenvalue weighted by molar-refractivity contribution is 9.08. The van der Waals surface area contributed by atoms with E-state index in [-0.39, 0.29) is 16.3 Å². The van der Waals surface area contributed by atoms with Crippen LogP contribution in [0.3, 0.4) is 0 Å². The lowest BCUT2D eigenvalue weighted by Crippen LogP contribution is -2.13. The summed E-state index contributed by atoms with van der Waals surface area (Å²) in [6.07, 6.45) is 0. The Balaban J connectivity index is 2.26. The topological polar surface area (TPSA) is 55.4 Å². The van der Waals surface area contributed by atoms with E-state index in [4.69, 9.17) is 4.74 Å². The Labute approximate surface area is 131 Å². The average molecular weight is 374 g/mol. The minimum Gasteiger partial charge on any atom is -0.494 e. The Morgan fingerprint density at radius 2 is 1.86 bits per heavy atom. The molecular weight excluding hydrogens is 361 g/mol. The SMILES string of the molecule is COc1ccc(NS(=O)(=O)c2ccc(CBr)cc2)cc1F. The Kier molecular flexibility index (Phi) is 4.84. The molecule has 1 N–H and O–H groups in total. The van der Waals surface area contributed by atoms with Crippen LogP contribution in [-0.4, -0.2) is 15.5 Å². The Bertz CT molecular complexity index is 732. The van der Waals surface area contributed by atoms with Crippen LogP contribution in [0.1, 0.15) is 5.56 Å². The van der Waals surface area contributed by atoms with Gasteiger partial charge in [-0.25, -0.2) is 12.8 Å². The molecule has 0 amide bonds. The smallest absolute Gasteiger partial charge is 0.261 e. The molecule has 2 aromatic carbocycles. The van der Waals surface area contributed by atoms with E-state index in [0.717, 1.165) is 11.6 Å². The maximum absolute atomic E-state index is 13.6. The van der Waals surface area contributed by atoms with Gasteiger partial charge >= 0.3 is 0 Å². The van der Waals surface area contributed by atoms with E-state index >= 15 is 0 Å². The van der Waals surface area contributed by atoms with Crippen molar-refractivity contribution in [3.8, 4) is 5.75 Å². The molecule has 0 radical (unpaired) electrons. The normalized spacial score (nSPS) is 11.2. The molecule has 0 bridgehead atoms. The third kappa shape index (κ3) is 3.74. The molecule has 0 aliphatic carbocycles. The molecule has 0 spiro atoms. The van der Waals surface area contributed by atoms with Gasteiger partial charge in [0.2, 0.25) is 0 Å². The van der Waals surface area contributed by atoms with Gasteiger partial charge in [-0.3, -0.25) is 4.72 Å². The fourth-order valence-corrected chi connectivity index (χ4v) is 3.12. The van der Waals surface area contributed by atoms with Gasteiger partial charge in [-0.2, -0.15) is 0 Å². The maximum Gasteiger partial charge on any atom is 0.261 e. The Morgan fingerprint density at radius 3 is 2.38 bits per heavy atom. The fraction of sp³-hybridized carbons (Fsp3) is 0.143. The van der Waals surface area contributed by atoms with Crippen molar-refractivity contribution < 1.29 is 17.5 Å². The van der Waals surface area contributed by atoms with E-state index in [1.807, 2.05) is 0 Å². The van der Waals surface area contributed by atoms with Crippen LogP contribution in [0.15, 0.2) is 47.4 Å². The first-order valence-electron chi connectivity index (χ1n) is 5.97. The van der Waals surface area contributed by atoms with Crippen molar-refractivity contribution in [2.45, 2.75) is 10.2 Å². The van der Waals surface area contributed by atoms with Crippen molar-refractivity contribution in [2.75, 3.05) is 11.8 Å². The van der Waals surface area contributed by atoms with Crippen molar-refractivity contribution in [1.82, 2.24) is 0 Å². The predicted octanol–water partition coefficient (Wildman–Crippen LogP) is 3.53. The minimum absolute atomic E-state index is 0.0552. The van der Waals surface area contributed by atoms with Gasteiger partial charge in [0.05, 0.1) is 17.7 Å². The number of hydrogen-bond donors (Lipinski definition) is 1. The van der Waals surface area contributed by atoms with Gasteiger partial charge in [-0.15, -0.1) is 0 Å². The zero-order valence-corrected chi connectivity index (χ0v) is 13.5. The molecule has 0 saturated carbocycles. The number of rotatable bonds is 5. The molecule has 0 atom stereocenters. The molecule has 0 saturated heterocycles. The lowest BCUT2D eigenvalue weighted by molar-refractivity contribution is 0.386. The summed E-state index contributed by atoms with van der Waals surface area (Å²) in [7, 11) is -2.41. The summed E-state index contributed by atoms with van der Waals surface area (Å²) < 4.78 is 45.1. The highest BCUT2D eigenvalue weighted by Crippen LogP contribution is 2.23. The zero-order valence-electron chi connectivity index (χ0n) is 11.1. The lowest BCUT2D eigenvalue weighted by atomic mass is 10.2. The summed E-state index contributed by atoms with van der Waals surface area (Å²) in [6.45, 7) is 0. The third-order valence-corrected chi connectivity index (χ3v) is 4.84. The van der Waals surface area contributed by atoms with Crippen molar-refractivity contribution >= 4 is 31.6 Å². The van der Waals surface area contributed by atoms with E-state index in [2.05, 4.69) is 20.7 Å². The molecule has 2 rings (SSSR count). The predicted molar refractivity (Wildman–Crippen MR) is 82.8 cm³/mol. The van der Waals surface area contributed by atoms with Crippen LogP contribution < -0.4 is 9.46 Å². The van der Waals surface area contributed by atoms with E-state index in [9.17, 15) is 12.8 Å². The average Bonchev–Trinajstić information content (AvgIpc) is 2.47. The van der Waals surface area contributed by atoms with Gasteiger partial charge in [0.1, 0.15) is 0 Å². The number of benzene rings is 2. The second-order valence-corrected chi connectivity index (χ2v) is 6.48. The second kappa shape index (κ2) is 6.44. The number of methoxy groups -OCH3 is 1. The van der Waals surface area contributed by atoms with Crippen LogP contribution in [0, 0.1) is 5.82 Å². The monoisotopic (exact) mass is 373 g/mol. The maximum atomic E-state index is 13.6. The standard InChI is InChI=1S/C14H13BrFNO3S/c1-20-14-7-4-11(8-13(14)16)17-21(18,19)12-5-2-10(9-15)3-6-12/h2-8,17H,9H2,1H3.